The van der Waals surface area contributed by atoms with Crippen LogP contribution in [0.4, 0.5) is 0 Å². The summed E-state index contributed by atoms with van der Waals surface area (Å²) in [4.78, 5) is 2.02. The fourth-order valence-electron chi connectivity index (χ4n) is 0.945. The highest BCUT2D eigenvalue weighted by atomic mass is 15.5. The second-order valence-electron chi connectivity index (χ2n) is 2.06. The van der Waals surface area contributed by atoms with Crippen molar-refractivity contribution in [3.05, 3.63) is 12.4 Å². The van der Waals surface area contributed by atoms with Crippen molar-refractivity contribution in [3.8, 4) is 0 Å². The maximum Gasteiger partial charge on any atom is 0.137 e. The molecule has 0 aromatic rings. The topological polar surface area (TPSA) is 39.7 Å². The third-order valence-electron chi connectivity index (χ3n) is 1.45. The molecule has 1 unspecified atom stereocenters. The molecule has 2 heterocycles. The van der Waals surface area contributed by atoms with E-state index in [1.807, 2.05) is 17.3 Å². The first kappa shape index (κ1) is 4.67. The molecule has 2 N–H and O–H groups in total. The van der Waals surface area contributed by atoms with Crippen molar-refractivity contribution >= 4 is 6.34 Å². The van der Waals surface area contributed by atoms with Crippen LogP contribution in [0.5, 0.6) is 0 Å². The van der Waals surface area contributed by atoms with Crippen molar-refractivity contribution in [3.63, 3.8) is 0 Å². The van der Waals surface area contributed by atoms with Crippen LogP contribution in [0.2, 0.25) is 0 Å². The summed E-state index contributed by atoms with van der Waals surface area (Å²) in [7, 11) is 0. The highest BCUT2D eigenvalue weighted by molar-refractivity contribution is 5.59. The van der Waals surface area contributed by atoms with Gasteiger partial charge in [0.15, 0.2) is 0 Å². The zero-order valence-electron chi connectivity index (χ0n) is 4.91. The maximum atomic E-state index is 3.89. The lowest BCUT2D eigenvalue weighted by Gasteiger charge is -2.23. The van der Waals surface area contributed by atoms with Gasteiger partial charge in [-0.3, -0.25) is 5.43 Å². The molecule has 4 heteroatoms. The van der Waals surface area contributed by atoms with Gasteiger partial charge in [-0.2, -0.15) is 5.10 Å². The number of fused-ring (bicyclic) bond motifs is 1. The van der Waals surface area contributed by atoms with E-state index < -0.39 is 0 Å². The summed E-state index contributed by atoms with van der Waals surface area (Å²) in [5, 5.41) is 6.98. The van der Waals surface area contributed by atoms with Gasteiger partial charge in [0.05, 0.1) is 6.54 Å². The molecule has 0 spiro atoms. The molecule has 48 valence electrons. The van der Waals surface area contributed by atoms with Crippen LogP contribution in [0, 0.1) is 0 Å². The average molecular weight is 124 g/mol. The Bertz CT molecular complexity index is 162. The first-order valence-corrected chi connectivity index (χ1v) is 2.93. The van der Waals surface area contributed by atoms with Crippen molar-refractivity contribution in [1.82, 2.24) is 15.6 Å². The van der Waals surface area contributed by atoms with Gasteiger partial charge >= 0.3 is 0 Å². The van der Waals surface area contributed by atoms with E-state index >= 15 is 0 Å². The van der Waals surface area contributed by atoms with Gasteiger partial charge in [-0.25, -0.2) is 0 Å². The van der Waals surface area contributed by atoms with Crippen LogP contribution in [-0.4, -0.2) is 23.9 Å². The molecular formula is C5H8N4. The summed E-state index contributed by atoms with van der Waals surface area (Å²) in [6, 6.07) is 0. The molecule has 0 fully saturated rings. The van der Waals surface area contributed by atoms with E-state index in [-0.39, 0.29) is 0 Å². The monoisotopic (exact) mass is 124 g/mol. The molecule has 0 saturated carbocycles. The van der Waals surface area contributed by atoms with E-state index in [1.165, 1.54) is 0 Å². The van der Waals surface area contributed by atoms with Crippen LogP contribution < -0.4 is 10.7 Å². The van der Waals surface area contributed by atoms with Crippen molar-refractivity contribution in [2.75, 3.05) is 6.54 Å². The first-order chi connectivity index (χ1) is 4.47. The molecule has 2 aliphatic heterocycles. The molecule has 0 aliphatic carbocycles. The van der Waals surface area contributed by atoms with Gasteiger partial charge in [0.1, 0.15) is 12.5 Å². The first-order valence-electron chi connectivity index (χ1n) is 2.93. The number of hydrazone groups is 1. The van der Waals surface area contributed by atoms with Crippen molar-refractivity contribution in [1.29, 1.82) is 0 Å². The van der Waals surface area contributed by atoms with E-state index in [9.17, 15) is 0 Å². The van der Waals surface area contributed by atoms with Crippen LogP contribution in [0.15, 0.2) is 17.5 Å². The molecule has 4 nitrogen and oxygen atoms in total. The molecule has 0 radical (unpaired) electrons. The second kappa shape index (κ2) is 1.65. The SMILES string of the molecule is C1=CN2C=NNC2CN1. The van der Waals surface area contributed by atoms with Crippen LogP contribution in [0.1, 0.15) is 0 Å². The number of nitrogens with one attached hydrogen (secondary N) is 2. The fourth-order valence-corrected chi connectivity index (χ4v) is 0.945. The standard InChI is InChI=1S/C5H8N4/c1-2-9-4-7-8-5(9)3-6-1/h1-2,4-6,8H,3H2. The minimum Gasteiger partial charge on any atom is -0.386 e. The number of hydrogen-bond acceptors (Lipinski definition) is 4. The molecule has 0 aromatic heterocycles. The summed E-state index contributed by atoms with van der Waals surface area (Å²) in [5.41, 5.74) is 2.94. The smallest absolute Gasteiger partial charge is 0.137 e. The molecule has 0 saturated heterocycles. The quantitative estimate of drug-likeness (QED) is 0.445. The van der Waals surface area contributed by atoms with Crippen LogP contribution in [-0.2, 0) is 0 Å². The maximum absolute atomic E-state index is 3.89. The summed E-state index contributed by atoms with van der Waals surface area (Å²) in [6.07, 6.45) is 5.98. The molecule has 0 aromatic carbocycles. The Morgan fingerprint density at radius 2 is 2.67 bits per heavy atom. The van der Waals surface area contributed by atoms with E-state index in [0.717, 1.165) is 6.54 Å². The van der Waals surface area contributed by atoms with E-state index in [2.05, 4.69) is 15.8 Å². The highest BCUT2D eigenvalue weighted by Gasteiger charge is 2.18. The average Bonchev–Trinajstić information content (AvgIpc) is 2.33. The van der Waals surface area contributed by atoms with E-state index in [1.54, 1.807) is 6.34 Å². The number of hydrogen-bond donors (Lipinski definition) is 2. The molecule has 0 amide bonds. The summed E-state index contributed by atoms with van der Waals surface area (Å²) in [6.45, 7) is 0.913. The normalized spacial score (nSPS) is 29.3. The molecule has 1 atom stereocenters. The Morgan fingerprint density at radius 3 is 3.56 bits per heavy atom. The summed E-state index contributed by atoms with van der Waals surface area (Å²) in [5.74, 6) is 0. The number of nitrogens with zero attached hydrogens (tertiary/aromatic N) is 2. The Kier molecular flexibility index (Phi) is 0.855. The summed E-state index contributed by atoms with van der Waals surface area (Å²) < 4.78 is 0. The van der Waals surface area contributed by atoms with Gasteiger partial charge < -0.3 is 10.2 Å². The largest absolute Gasteiger partial charge is 0.386 e. The molecule has 0 bridgehead atoms. The van der Waals surface area contributed by atoms with Gasteiger partial charge in [-0.15, -0.1) is 0 Å². The Balaban J connectivity index is 2.17. The predicted octanol–water partition coefficient (Wildman–Crippen LogP) is -0.765. The van der Waals surface area contributed by atoms with E-state index in [4.69, 9.17) is 0 Å². The summed E-state index contributed by atoms with van der Waals surface area (Å²) >= 11 is 0. The van der Waals surface area contributed by atoms with Crippen LogP contribution >= 0.6 is 0 Å². The highest BCUT2D eigenvalue weighted by Crippen LogP contribution is 2.02. The Morgan fingerprint density at radius 1 is 1.67 bits per heavy atom. The van der Waals surface area contributed by atoms with Gasteiger partial charge in [-0.1, -0.05) is 0 Å². The predicted molar refractivity (Wildman–Crippen MR) is 34.4 cm³/mol. The third-order valence-corrected chi connectivity index (χ3v) is 1.45. The molecule has 2 rings (SSSR count). The molecule has 2 aliphatic rings. The lowest BCUT2D eigenvalue weighted by Crippen LogP contribution is -2.43. The van der Waals surface area contributed by atoms with Gasteiger partial charge in [0.2, 0.25) is 0 Å². The zero-order chi connectivity index (χ0) is 6.10. The van der Waals surface area contributed by atoms with Crippen molar-refractivity contribution < 1.29 is 0 Å². The minimum absolute atomic E-state index is 0.329. The fraction of sp³-hybridized carbons (Fsp3) is 0.400. The van der Waals surface area contributed by atoms with Gasteiger partial charge in [0.25, 0.3) is 0 Å². The lowest BCUT2D eigenvalue weighted by atomic mass is 10.4. The second-order valence-corrected chi connectivity index (χ2v) is 2.06. The Labute approximate surface area is 53.2 Å². The third kappa shape index (κ3) is 0.630. The van der Waals surface area contributed by atoms with Gasteiger partial charge in [-0.05, 0) is 0 Å². The minimum atomic E-state index is 0.329. The van der Waals surface area contributed by atoms with Crippen molar-refractivity contribution in [2.45, 2.75) is 6.17 Å². The van der Waals surface area contributed by atoms with Crippen LogP contribution in [0.3, 0.4) is 0 Å². The van der Waals surface area contributed by atoms with E-state index in [0.29, 0.717) is 6.17 Å². The Hall–Kier alpha value is -1.19. The van der Waals surface area contributed by atoms with Gasteiger partial charge in [0, 0.05) is 12.4 Å². The lowest BCUT2D eigenvalue weighted by molar-refractivity contribution is 0.357. The van der Waals surface area contributed by atoms with Crippen molar-refractivity contribution in [2.24, 2.45) is 5.10 Å². The number of rotatable bonds is 0. The zero-order valence-corrected chi connectivity index (χ0v) is 4.91. The molecular weight excluding hydrogens is 116 g/mol. The van der Waals surface area contributed by atoms with Crippen LogP contribution in [0.25, 0.3) is 0 Å². The molecule has 9 heavy (non-hydrogen) atoms.